The minimum absolute atomic E-state index is 0.0461. The summed E-state index contributed by atoms with van der Waals surface area (Å²) in [5.41, 5.74) is 4.44. The van der Waals surface area contributed by atoms with Gasteiger partial charge in [0.2, 0.25) is 5.91 Å². The van der Waals surface area contributed by atoms with E-state index in [1.165, 1.54) is 0 Å². The van der Waals surface area contributed by atoms with Crippen LogP contribution in [-0.4, -0.2) is 29.8 Å². The van der Waals surface area contributed by atoms with Crippen LogP contribution in [0.5, 0.6) is 0 Å². The van der Waals surface area contributed by atoms with Gasteiger partial charge in [0.25, 0.3) is 5.91 Å². The van der Waals surface area contributed by atoms with E-state index in [0.717, 1.165) is 69.2 Å². The molecule has 1 saturated carbocycles. The van der Waals surface area contributed by atoms with Crippen molar-refractivity contribution in [2.24, 2.45) is 11.3 Å². The Morgan fingerprint density at radius 1 is 1.03 bits per heavy atom. The number of halogens is 1. The lowest BCUT2D eigenvalue weighted by Gasteiger charge is -2.59. The second kappa shape index (κ2) is 7.98. The number of para-hydroxylation sites is 1. The molecule has 3 aromatic carbocycles. The molecule has 34 heavy (non-hydrogen) atoms. The third-order valence-corrected chi connectivity index (χ3v) is 7.83. The van der Waals surface area contributed by atoms with Crippen molar-refractivity contribution in [3.05, 3.63) is 76.3 Å². The number of benzene rings is 3. The van der Waals surface area contributed by atoms with Gasteiger partial charge in [0, 0.05) is 51.4 Å². The molecule has 1 saturated heterocycles. The second-order valence-corrected chi connectivity index (χ2v) is 10.9. The van der Waals surface area contributed by atoms with Crippen LogP contribution in [0.15, 0.2) is 69.6 Å². The maximum absolute atomic E-state index is 12.8. The van der Waals surface area contributed by atoms with Gasteiger partial charge in [-0.2, -0.15) is 0 Å². The summed E-state index contributed by atoms with van der Waals surface area (Å²) < 4.78 is 6.85. The van der Waals surface area contributed by atoms with Crippen molar-refractivity contribution in [1.82, 2.24) is 4.90 Å². The Morgan fingerprint density at radius 2 is 1.79 bits per heavy atom. The SMILES string of the molecule is Cc1cc(Br)ccc1C(=O)N1CC2(CC(CC(=O)Nc3ccc4oc5ccccc5c4c3)C2)C1. The summed E-state index contributed by atoms with van der Waals surface area (Å²) >= 11 is 3.46. The molecule has 0 bridgehead atoms. The summed E-state index contributed by atoms with van der Waals surface area (Å²) in [5.74, 6) is 0.536. The molecule has 172 valence electrons. The first kappa shape index (κ1) is 21.4. The highest BCUT2D eigenvalue weighted by Gasteiger charge is 2.53. The van der Waals surface area contributed by atoms with Gasteiger partial charge in [-0.1, -0.05) is 34.1 Å². The molecule has 0 unspecified atom stereocenters. The average molecular weight is 517 g/mol. The van der Waals surface area contributed by atoms with Crippen LogP contribution in [0.1, 0.15) is 35.2 Å². The van der Waals surface area contributed by atoms with E-state index in [1.54, 1.807) is 0 Å². The number of amides is 2. The van der Waals surface area contributed by atoms with Crippen LogP contribution < -0.4 is 5.32 Å². The molecule has 2 aliphatic rings. The number of nitrogens with zero attached hydrogens (tertiary/aromatic N) is 1. The zero-order valence-electron chi connectivity index (χ0n) is 18.9. The molecule has 1 aliphatic heterocycles. The number of aryl methyl sites for hydroxylation is 1. The van der Waals surface area contributed by atoms with Crippen molar-refractivity contribution >= 4 is 55.4 Å². The Bertz CT molecular complexity index is 1440. The van der Waals surface area contributed by atoms with Crippen LogP contribution in [-0.2, 0) is 4.79 Å². The molecule has 2 heterocycles. The molecule has 1 spiro atoms. The summed E-state index contributed by atoms with van der Waals surface area (Å²) in [6, 6.07) is 19.5. The third-order valence-electron chi connectivity index (χ3n) is 7.34. The van der Waals surface area contributed by atoms with Crippen LogP contribution in [0, 0.1) is 18.3 Å². The highest BCUT2D eigenvalue weighted by Crippen LogP contribution is 2.53. The number of hydrogen-bond donors (Lipinski definition) is 1. The third kappa shape index (κ3) is 3.70. The quantitative estimate of drug-likeness (QED) is 0.335. The minimum Gasteiger partial charge on any atom is -0.456 e. The fraction of sp³-hybridized carbons (Fsp3) is 0.286. The topological polar surface area (TPSA) is 62.6 Å². The molecule has 6 heteroatoms. The number of anilines is 1. The van der Waals surface area contributed by atoms with E-state index in [-0.39, 0.29) is 17.2 Å². The predicted octanol–water partition coefficient (Wildman–Crippen LogP) is 6.54. The molecule has 4 aromatic rings. The van der Waals surface area contributed by atoms with E-state index in [2.05, 4.69) is 21.2 Å². The van der Waals surface area contributed by atoms with E-state index in [9.17, 15) is 9.59 Å². The van der Waals surface area contributed by atoms with Crippen LogP contribution >= 0.6 is 15.9 Å². The number of furan rings is 1. The first-order chi connectivity index (χ1) is 16.4. The molecule has 1 N–H and O–H groups in total. The van der Waals surface area contributed by atoms with E-state index >= 15 is 0 Å². The Balaban J connectivity index is 1.03. The van der Waals surface area contributed by atoms with E-state index in [1.807, 2.05) is 72.5 Å². The fourth-order valence-electron chi connectivity index (χ4n) is 5.79. The molecule has 0 radical (unpaired) electrons. The molecule has 1 aromatic heterocycles. The minimum atomic E-state index is 0.0461. The van der Waals surface area contributed by atoms with Crippen LogP contribution in [0.25, 0.3) is 21.9 Å². The van der Waals surface area contributed by atoms with Gasteiger partial charge >= 0.3 is 0 Å². The van der Waals surface area contributed by atoms with E-state index in [0.29, 0.717) is 12.3 Å². The monoisotopic (exact) mass is 516 g/mol. The van der Waals surface area contributed by atoms with Crippen LogP contribution in [0.3, 0.4) is 0 Å². The number of hydrogen-bond acceptors (Lipinski definition) is 3. The summed E-state index contributed by atoms with van der Waals surface area (Å²) in [5, 5.41) is 5.12. The van der Waals surface area contributed by atoms with Gasteiger partial charge in [0.15, 0.2) is 0 Å². The van der Waals surface area contributed by atoms with Gasteiger partial charge in [-0.05, 0) is 73.7 Å². The molecule has 1 aliphatic carbocycles. The van der Waals surface area contributed by atoms with Gasteiger partial charge in [-0.3, -0.25) is 9.59 Å². The van der Waals surface area contributed by atoms with Gasteiger partial charge < -0.3 is 14.6 Å². The maximum atomic E-state index is 12.8. The summed E-state index contributed by atoms with van der Waals surface area (Å²) in [7, 11) is 0. The lowest BCUT2D eigenvalue weighted by molar-refractivity contribution is -0.122. The maximum Gasteiger partial charge on any atom is 0.254 e. The average Bonchev–Trinajstić information content (AvgIpc) is 3.12. The zero-order valence-corrected chi connectivity index (χ0v) is 20.5. The molecular weight excluding hydrogens is 492 g/mol. The Kier molecular flexibility index (Phi) is 5.03. The lowest BCUT2D eigenvalue weighted by Crippen LogP contribution is -2.63. The molecular formula is C28H25BrN2O3. The summed E-state index contributed by atoms with van der Waals surface area (Å²) in [4.78, 5) is 27.5. The standard InChI is InChI=1S/C28H25BrN2O3/c1-17-10-19(29)6-8-21(17)27(33)31-15-28(16-31)13-18(14-28)11-26(32)30-20-7-9-25-23(12-20)22-4-2-3-5-24(22)34-25/h2-10,12,18H,11,13-16H2,1H3,(H,30,32). The molecule has 2 fully saturated rings. The number of carbonyl (C=O) groups is 2. The molecule has 2 amide bonds. The van der Waals surface area contributed by atoms with Crippen LogP contribution in [0.4, 0.5) is 5.69 Å². The number of fused-ring (bicyclic) bond motifs is 3. The van der Waals surface area contributed by atoms with E-state index < -0.39 is 0 Å². The number of carbonyl (C=O) groups excluding carboxylic acids is 2. The summed E-state index contributed by atoms with van der Waals surface area (Å²) in [6.07, 6.45) is 2.54. The van der Waals surface area contributed by atoms with Crippen LogP contribution in [0.2, 0.25) is 0 Å². The smallest absolute Gasteiger partial charge is 0.254 e. The molecule has 5 nitrogen and oxygen atoms in total. The molecule has 6 rings (SSSR count). The van der Waals surface area contributed by atoms with Gasteiger partial charge in [0.05, 0.1) is 0 Å². The van der Waals surface area contributed by atoms with Gasteiger partial charge in [-0.15, -0.1) is 0 Å². The highest BCUT2D eigenvalue weighted by molar-refractivity contribution is 9.10. The van der Waals surface area contributed by atoms with Gasteiger partial charge in [0.1, 0.15) is 11.2 Å². The van der Waals surface area contributed by atoms with Crippen molar-refractivity contribution in [3.8, 4) is 0 Å². The fourth-order valence-corrected chi connectivity index (χ4v) is 6.27. The highest BCUT2D eigenvalue weighted by atomic mass is 79.9. The van der Waals surface area contributed by atoms with E-state index in [4.69, 9.17) is 4.42 Å². The molecule has 0 atom stereocenters. The first-order valence-electron chi connectivity index (χ1n) is 11.7. The Labute approximate surface area is 206 Å². The van der Waals surface area contributed by atoms with Crippen molar-refractivity contribution in [2.45, 2.75) is 26.2 Å². The van der Waals surface area contributed by atoms with Gasteiger partial charge in [-0.25, -0.2) is 0 Å². The predicted molar refractivity (Wildman–Crippen MR) is 137 cm³/mol. The Morgan fingerprint density at radius 3 is 2.59 bits per heavy atom. The first-order valence-corrected chi connectivity index (χ1v) is 12.5. The normalized spacial score (nSPS) is 17.1. The number of likely N-dealkylation sites (tertiary alicyclic amines) is 1. The van der Waals surface area contributed by atoms with Crippen molar-refractivity contribution in [1.29, 1.82) is 0 Å². The van der Waals surface area contributed by atoms with Crippen molar-refractivity contribution < 1.29 is 14.0 Å². The second-order valence-electron chi connectivity index (χ2n) is 9.96. The largest absolute Gasteiger partial charge is 0.456 e. The van der Waals surface area contributed by atoms with Crippen molar-refractivity contribution in [2.75, 3.05) is 18.4 Å². The number of rotatable bonds is 4. The van der Waals surface area contributed by atoms with Crippen molar-refractivity contribution in [3.63, 3.8) is 0 Å². The lowest BCUT2D eigenvalue weighted by atomic mass is 9.57. The zero-order chi connectivity index (χ0) is 23.4. The number of nitrogens with one attached hydrogen (secondary N) is 1. The Hall–Kier alpha value is -3.12. The summed E-state index contributed by atoms with van der Waals surface area (Å²) in [6.45, 7) is 3.56.